The van der Waals surface area contributed by atoms with Crippen LogP contribution >= 0.6 is 0 Å². The maximum atomic E-state index is 4.20. The fourth-order valence-corrected chi connectivity index (χ4v) is 1.04. The molecule has 1 rings (SSSR count). The highest BCUT2D eigenvalue weighted by molar-refractivity contribution is 5.03. The molecule has 10 heavy (non-hydrogen) atoms. The van der Waals surface area contributed by atoms with E-state index in [0.717, 1.165) is 12.2 Å². The fraction of sp³-hybridized carbons (Fsp3) is 0.625. The minimum atomic E-state index is 1.10. The Kier molecular flexibility index (Phi) is 2.10. The zero-order valence-corrected chi connectivity index (χ0v) is 6.89. The number of rotatable bonds is 2. The van der Waals surface area contributed by atoms with E-state index in [2.05, 4.69) is 23.5 Å². The quantitative estimate of drug-likeness (QED) is 0.608. The first-order valence-corrected chi connectivity index (χ1v) is 3.73. The summed E-state index contributed by atoms with van der Waals surface area (Å²) in [5.41, 5.74) is 1.33. The molecule has 0 radical (unpaired) electrons. The van der Waals surface area contributed by atoms with Crippen LogP contribution in [0.25, 0.3) is 0 Å². The predicted molar refractivity (Wildman–Crippen MR) is 41.9 cm³/mol. The number of hydrogen-bond donors (Lipinski definition) is 0. The molecular formula is C8H14N2. The van der Waals surface area contributed by atoms with Crippen LogP contribution in [0, 0.1) is 6.92 Å². The van der Waals surface area contributed by atoms with Gasteiger partial charge in [0.2, 0.25) is 0 Å². The Labute approximate surface area is 61.9 Å². The molecule has 0 aromatic carbocycles. The molecular weight excluding hydrogens is 124 g/mol. The van der Waals surface area contributed by atoms with Gasteiger partial charge in [-0.1, -0.05) is 13.3 Å². The lowest BCUT2D eigenvalue weighted by Crippen LogP contribution is -1.97. The number of nitrogens with zero attached hydrogens (tertiary/aromatic N) is 2. The Balaban J connectivity index is 2.83. The second-order valence-electron chi connectivity index (χ2n) is 2.61. The van der Waals surface area contributed by atoms with E-state index in [9.17, 15) is 0 Å². The van der Waals surface area contributed by atoms with Gasteiger partial charge in [0.25, 0.3) is 0 Å². The molecule has 0 amide bonds. The molecule has 1 heterocycles. The van der Waals surface area contributed by atoms with E-state index in [4.69, 9.17) is 0 Å². The largest absolute Gasteiger partial charge is 0.335 e. The molecule has 0 aliphatic heterocycles. The molecule has 0 aliphatic rings. The Morgan fingerprint density at radius 3 is 2.70 bits per heavy atom. The number of aromatic nitrogens is 2. The number of aryl methyl sites for hydroxylation is 2. The van der Waals surface area contributed by atoms with E-state index >= 15 is 0 Å². The Bertz CT molecular complexity index is 213. The maximum Gasteiger partial charge on any atom is 0.105 e. The molecule has 0 saturated carbocycles. The lowest BCUT2D eigenvalue weighted by Gasteiger charge is -1.99. The summed E-state index contributed by atoms with van der Waals surface area (Å²) in [7, 11) is 2.06. The molecule has 0 atom stereocenters. The molecule has 2 nitrogen and oxygen atoms in total. The van der Waals surface area contributed by atoms with Crippen molar-refractivity contribution in [2.24, 2.45) is 7.05 Å². The van der Waals surface area contributed by atoms with Gasteiger partial charge in [0.15, 0.2) is 0 Å². The molecule has 2 heteroatoms. The molecule has 0 aliphatic carbocycles. The van der Waals surface area contributed by atoms with Gasteiger partial charge in [-0.3, -0.25) is 0 Å². The normalized spacial score (nSPS) is 10.3. The molecule has 0 unspecified atom stereocenters. The van der Waals surface area contributed by atoms with Crippen LogP contribution < -0.4 is 0 Å². The Morgan fingerprint density at radius 1 is 1.60 bits per heavy atom. The van der Waals surface area contributed by atoms with Gasteiger partial charge in [0.05, 0.1) is 0 Å². The van der Waals surface area contributed by atoms with Gasteiger partial charge in [-0.05, 0) is 13.3 Å². The second-order valence-corrected chi connectivity index (χ2v) is 2.61. The summed E-state index contributed by atoms with van der Waals surface area (Å²) in [6, 6.07) is 0. The van der Waals surface area contributed by atoms with Crippen molar-refractivity contribution in [1.29, 1.82) is 0 Å². The molecule has 0 saturated heterocycles. The molecule has 56 valence electrons. The van der Waals surface area contributed by atoms with Crippen molar-refractivity contribution in [3.8, 4) is 0 Å². The first-order chi connectivity index (χ1) is 4.75. The lowest BCUT2D eigenvalue weighted by molar-refractivity contribution is 0.763. The molecule has 0 N–H and O–H groups in total. The molecule has 0 spiro atoms. The van der Waals surface area contributed by atoms with Gasteiger partial charge < -0.3 is 4.57 Å². The van der Waals surface area contributed by atoms with E-state index < -0.39 is 0 Å². The Morgan fingerprint density at radius 2 is 2.30 bits per heavy atom. The summed E-state index contributed by atoms with van der Waals surface area (Å²) in [6.45, 7) is 4.21. The van der Waals surface area contributed by atoms with E-state index in [0.29, 0.717) is 0 Å². The topological polar surface area (TPSA) is 17.8 Å². The van der Waals surface area contributed by atoms with Crippen LogP contribution in [0.3, 0.4) is 0 Å². The lowest BCUT2D eigenvalue weighted by atomic mass is 10.3. The van der Waals surface area contributed by atoms with Crippen molar-refractivity contribution < 1.29 is 0 Å². The van der Waals surface area contributed by atoms with E-state index in [1.54, 1.807) is 0 Å². The highest BCUT2D eigenvalue weighted by Crippen LogP contribution is 2.03. The minimum absolute atomic E-state index is 1.10. The first-order valence-electron chi connectivity index (χ1n) is 3.73. The van der Waals surface area contributed by atoms with Crippen molar-refractivity contribution in [1.82, 2.24) is 9.55 Å². The van der Waals surface area contributed by atoms with Crippen LogP contribution in [0.1, 0.15) is 24.9 Å². The van der Waals surface area contributed by atoms with Crippen molar-refractivity contribution >= 4 is 0 Å². The summed E-state index contributed by atoms with van der Waals surface area (Å²) >= 11 is 0. The maximum absolute atomic E-state index is 4.20. The minimum Gasteiger partial charge on any atom is -0.335 e. The van der Waals surface area contributed by atoms with Crippen LogP contribution in [0.15, 0.2) is 6.20 Å². The molecule has 1 aromatic heterocycles. The van der Waals surface area contributed by atoms with Crippen molar-refractivity contribution in [2.75, 3.05) is 0 Å². The van der Waals surface area contributed by atoms with Crippen LogP contribution in [0.5, 0.6) is 0 Å². The summed E-state index contributed by atoms with van der Waals surface area (Å²) in [6.07, 6.45) is 4.29. The van der Waals surface area contributed by atoms with E-state index in [1.165, 1.54) is 12.1 Å². The third kappa shape index (κ3) is 1.20. The van der Waals surface area contributed by atoms with Crippen molar-refractivity contribution in [3.63, 3.8) is 0 Å². The summed E-state index contributed by atoms with van der Waals surface area (Å²) in [5.74, 6) is 1.10. The smallest absolute Gasteiger partial charge is 0.105 e. The van der Waals surface area contributed by atoms with E-state index in [1.807, 2.05) is 13.1 Å². The van der Waals surface area contributed by atoms with Gasteiger partial charge in [-0.2, -0.15) is 0 Å². The van der Waals surface area contributed by atoms with Gasteiger partial charge in [-0.15, -0.1) is 0 Å². The highest BCUT2D eigenvalue weighted by Gasteiger charge is 1.98. The van der Waals surface area contributed by atoms with E-state index in [-0.39, 0.29) is 0 Å². The van der Waals surface area contributed by atoms with Gasteiger partial charge in [0, 0.05) is 18.9 Å². The molecule has 0 fully saturated rings. The third-order valence-electron chi connectivity index (χ3n) is 1.82. The van der Waals surface area contributed by atoms with Crippen LogP contribution in [0.2, 0.25) is 0 Å². The second kappa shape index (κ2) is 2.86. The zero-order chi connectivity index (χ0) is 7.56. The number of imidazole rings is 1. The molecule has 1 aromatic rings. The zero-order valence-electron chi connectivity index (χ0n) is 6.89. The fourth-order valence-electron chi connectivity index (χ4n) is 1.04. The number of hydrogen-bond acceptors (Lipinski definition) is 1. The highest BCUT2D eigenvalue weighted by atomic mass is 15.0. The van der Waals surface area contributed by atoms with Crippen molar-refractivity contribution in [3.05, 3.63) is 17.7 Å². The average molecular weight is 138 g/mol. The van der Waals surface area contributed by atoms with Crippen LogP contribution in [-0.2, 0) is 13.5 Å². The van der Waals surface area contributed by atoms with Crippen LogP contribution in [0.4, 0.5) is 0 Å². The molecule has 0 bridgehead atoms. The average Bonchev–Trinajstić information content (AvgIpc) is 2.20. The van der Waals surface area contributed by atoms with Gasteiger partial charge in [0.1, 0.15) is 5.82 Å². The van der Waals surface area contributed by atoms with Gasteiger partial charge in [-0.25, -0.2) is 4.98 Å². The Hall–Kier alpha value is -0.790. The standard InChI is InChI=1S/C8H14N2/c1-4-5-8-6-9-7(2)10(8)3/h6H,4-5H2,1-3H3. The van der Waals surface area contributed by atoms with Gasteiger partial charge >= 0.3 is 0 Å². The summed E-state index contributed by atoms with van der Waals surface area (Å²) < 4.78 is 2.14. The summed E-state index contributed by atoms with van der Waals surface area (Å²) in [5, 5.41) is 0. The third-order valence-corrected chi connectivity index (χ3v) is 1.82. The van der Waals surface area contributed by atoms with Crippen molar-refractivity contribution in [2.45, 2.75) is 26.7 Å². The predicted octanol–water partition coefficient (Wildman–Crippen LogP) is 1.68. The first kappa shape index (κ1) is 7.32. The SMILES string of the molecule is CCCc1cnc(C)n1C. The monoisotopic (exact) mass is 138 g/mol. The van der Waals surface area contributed by atoms with Crippen LogP contribution in [-0.4, -0.2) is 9.55 Å². The summed E-state index contributed by atoms with van der Waals surface area (Å²) in [4.78, 5) is 4.20.